The van der Waals surface area contributed by atoms with Crippen LogP contribution < -0.4 is 5.32 Å². The highest BCUT2D eigenvalue weighted by Crippen LogP contribution is 2.23. The van der Waals surface area contributed by atoms with Crippen molar-refractivity contribution >= 4 is 40.8 Å². The molecule has 0 saturated heterocycles. The summed E-state index contributed by atoms with van der Waals surface area (Å²) in [5.74, 6) is -1.85. The third-order valence-corrected chi connectivity index (χ3v) is 4.23. The van der Waals surface area contributed by atoms with Gasteiger partial charge in [0, 0.05) is 19.4 Å². The number of halogens is 2. The lowest BCUT2D eigenvalue weighted by molar-refractivity contribution is 0.0685. The molecule has 0 spiro atoms. The third-order valence-electron chi connectivity index (χ3n) is 3.50. The van der Waals surface area contributed by atoms with Crippen LogP contribution in [0.4, 0.5) is 5.69 Å². The molecule has 0 saturated carbocycles. The van der Waals surface area contributed by atoms with E-state index in [1.165, 1.54) is 17.1 Å². The van der Waals surface area contributed by atoms with E-state index in [-0.39, 0.29) is 11.3 Å². The molecule has 0 radical (unpaired) electrons. The first-order chi connectivity index (χ1) is 12.3. The number of hydrogen-bond donors (Lipinski definition) is 2. The van der Waals surface area contributed by atoms with Crippen LogP contribution in [0.2, 0.25) is 10.0 Å². The van der Waals surface area contributed by atoms with E-state index in [0.717, 1.165) is 5.56 Å². The summed E-state index contributed by atoms with van der Waals surface area (Å²) < 4.78 is 2.88. The van der Waals surface area contributed by atoms with Gasteiger partial charge in [0.15, 0.2) is 5.69 Å². The maximum absolute atomic E-state index is 12.3. The Morgan fingerprint density at radius 2 is 2.00 bits per heavy atom. The summed E-state index contributed by atoms with van der Waals surface area (Å²) in [6.07, 6.45) is 4.43. The minimum Gasteiger partial charge on any atom is -0.476 e. The zero-order valence-corrected chi connectivity index (χ0v) is 15.0. The molecule has 26 heavy (non-hydrogen) atoms. The zero-order valence-electron chi connectivity index (χ0n) is 13.5. The lowest BCUT2D eigenvalue weighted by Crippen LogP contribution is -2.15. The summed E-state index contributed by atoms with van der Waals surface area (Å²) in [5.41, 5.74) is 0.974. The number of aryl methyl sites for hydroxylation is 1. The van der Waals surface area contributed by atoms with Gasteiger partial charge in [-0.25, -0.2) is 4.79 Å². The fraction of sp³-hybridized carbons (Fsp3) is 0.125. The van der Waals surface area contributed by atoms with Gasteiger partial charge in [0.1, 0.15) is 0 Å². The highest BCUT2D eigenvalue weighted by atomic mass is 35.5. The van der Waals surface area contributed by atoms with Crippen LogP contribution >= 0.6 is 23.2 Å². The molecule has 2 N–H and O–H groups in total. The number of nitrogens with zero attached hydrogens (tertiary/aromatic N) is 4. The van der Waals surface area contributed by atoms with E-state index in [1.807, 2.05) is 6.07 Å². The number of aromatic carboxylic acids is 1. The molecular weight excluding hydrogens is 381 g/mol. The molecule has 2 heterocycles. The molecule has 1 amide bonds. The predicted octanol–water partition coefficient (Wildman–Crippen LogP) is 2.92. The first-order valence-electron chi connectivity index (χ1n) is 7.38. The Morgan fingerprint density at radius 1 is 1.23 bits per heavy atom. The van der Waals surface area contributed by atoms with Gasteiger partial charge in [-0.1, -0.05) is 29.3 Å². The molecule has 0 unspecified atom stereocenters. The van der Waals surface area contributed by atoms with Crippen LogP contribution in [-0.2, 0) is 13.6 Å². The van der Waals surface area contributed by atoms with Gasteiger partial charge in [-0.3, -0.25) is 14.2 Å². The van der Waals surface area contributed by atoms with Gasteiger partial charge >= 0.3 is 5.97 Å². The number of carboxylic acids is 1. The number of carbonyl (C=O) groups is 2. The van der Waals surface area contributed by atoms with Crippen molar-refractivity contribution < 1.29 is 14.7 Å². The molecule has 0 fully saturated rings. The number of rotatable bonds is 5. The average molecular weight is 394 g/mol. The molecule has 8 nitrogen and oxygen atoms in total. The van der Waals surface area contributed by atoms with E-state index in [1.54, 1.807) is 30.1 Å². The number of carbonyl (C=O) groups excluding carboxylic acids is 1. The van der Waals surface area contributed by atoms with E-state index in [0.29, 0.717) is 22.3 Å². The van der Waals surface area contributed by atoms with Gasteiger partial charge in [0.25, 0.3) is 5.91 Å². The average Bonchev–Trinajstić information content (AvgIpc) is 3.17. The topological polar surface area (TPSA) is 102 Å². The summed E-state index contributed by atoms with van der Waals surface area (Å²) in [7, 11) is 1.54. The summed E-state index contributed by atoms with van der Waals surface area (Å²) in [4.78, 5) is 23.5. The largest absolute Gasteiger partial charge is 0.476 e. The van der Waals surface area contributed by atoms with Crippen LogP contribution in [0.25, 0.3) is 0 Å². The third kappa shape index (κ3) is 3.87. The number of hydrogen-bond acceptors (Lipinski definition) is 4. The molecule has 0 bridgehead atoms. The predicted molar refractivity (Wildman–Crippen MR) is 95.9 cm³/mol. The van der Waals surface area contributed by atoms with Crippen molar-refractivity contribution in [2.75, 3.05) is 5.32 Å². The van der Waals surface area contributed by atoms with E-state index in [4.69, 9.17) is 28.3 Å². The second-order valence-electron chi connectivity index (χ2n) is 5.50. The number of nitrogens with one attached hydrogen (secondary N) is 1. The first-order valence-corrected chi connectivity index (χ1v) is 8.14. The molecule has 0 atom stereocenters. The molecule has 3 rings (SSSR count). The second-order valence-corrected chi connectivity index (χ2v) is 6.31. The maximum Gasteiger partial charge on any atom is 0.357 e. The van der Waals surface area contributed by atoms with Gasteiger partial charge in [-0.15, -0.1) is 0 Å². The summed E-state index contributed by atoms with van der Waals surface area (Å²) >= 11 is 11.9. The Bertz CT molecular complexity index is 996. The van der Waals surface area contributed by atoms with Crippen LogP contribution in [0.5, 0.6) is 0 Å². The number of aromatic nitrogens is 4. The number of amides is 1. The van der Waals surface area contributed by atoms with Crippen LogP contribution in [0.1, 0.15) is 26.4 Å². The van der Waals surface area contributed by atoms with Crippen molar-refractivity contribution in [3.8, 4) is 0 Å². The molecule has 1 aromatic carbocycles. The fourth-order valence-electron chi connectivity index (χ4n) is 2.35. The Balaban J connectivity index is 1.73. The van der Waals surface area contributed by atoms with E-state index >= 15 is 0 Å². The standard InChI is InChI=1S/C16H13Cl2N5O3/c1-22-8-11(14(21-22)16(25)26)15(24)20-10-5-19-23(7-10)6-9-2-3-12(17)13(18)4-9/h2-5,7-8H,6H2,1H3,(H,20,24)(H,25,26). The van der Waals surface area contributed by atoms with Crippen LogP contribution in [0.3, 0.4) is 0 Å². The number of benzene rings is 1. The van der Waals surface area contributed by atoms with Gasteiger partial charge in [0.05, 0.1) is 34.0 Å². The molecule has 134 valence electrons. The van der Waals surface area contributed by atoms with E-state index < -0.39 is 11.9 Å². The first kappa shape index (κ1) is 18.0. The summed E-state index contributed by atoms with van der Waals surface area (Å²) in [5, 5.41) is 20.6. The lowest BCUT2D eigenvalue weighted by Gasteiger charge is -2.04. The SMILES string of the molecule is Cn1cc(C(=O)Nc2cnn(Cc3ccc(Cl)c(Cl)c3)c2)c(C(=O)O)n1. The Hall–Kier alpha value is -2.84. The Morgan fingerprint density at radius 3 is 2.69 bits per heavy atom. The van der Waals surface area contributed by atoms with Gasteiger partial charge in [-0.2, -0.15) is 10.2 Å². The Kier molecular flexibility index (Phi) is 4.97. The smallest absolute Gasteiger partial charge is 0.357 e. The minimum absolute atomic E-state index is 0.0303. The van der Waals surface area contributed by atoms with Crippen molar-refractivity contribution in [1.29, 1.82) is 0 Å². The molecule has 0 aliphatic heterocycles. The lowest BCUT2D eigenvalue weighted by atomic mass is 10.2. The number of anilines is 1. The number of carboxylic acid groups (broad SMARTS) is 1. The summed E-state index contributed by atoms with van der Waals surface area (Å²) in [6.45, 7) is 0.431. The second kappa shape index (κ2) is 7.19. The molecular formula is C16H13Cl2N5O3. The fourth-order valence-corrected chi connectivity index (χ4v) is 2.67. The van der Waals surface area contributed by atoms with Crippen molar-refractivity contribution in [3.05, 3.63) is 63.7 Å². The molecule has 10 heteroatoms. The van der Waals surface area contributed by atoms with Gasteiger partial charge < -0.3 is 10.4 Å². The van der Waals surface area contributed by atoms with Crippen molar-refractivity contribution in [2.45, 2.75) is 6.54 Å². The van der Waals surface area contributed by atoms with Crippen LogP contribution in [0.15, 0.2) is 36.8 Å². The van der Waals surface area contributed by atoms with E-state index in [9.17, 15) is 9.59 Å². The van der Waals surface area contributed by atoms with Gasteiger partial charge in [0.2, 0.25) is 0 Å². The van der Waals surface area contributed by atoms with Crippen molar-refractivity contribution in [1.82, 2.24) is 19.6 Å². The van der Waals surface area contributed by atoms with Crippen LogP contribution in [0, 0.1) is 0 Å². The van der Waals surface area contributed by atoms with Crippen LogP contribution in [-0.4, -0.2) is 36.5 Å². The minimum atomic E-state index is -1.27. The highest BCUT2D eigenvalue weighted by Gasteiger charge is 2.21. The molecule has 0 aliphatic rings. The Labute approximate surface area is 157 Å². The zero-order chi connectivity index (χ0) is 18.8. The quantitative estimate of drug-likeness (QED) is 0.693. The van der Waals surface area contributed by atoms with Crippen molar-refractivity contribution in [2.24, 2.45) is 7.05 Å². The molecule has 2 aromatic heterocycles. The van der Waals surface area contributed by atoms with Crippen molar-refractivity contribution in [3.63, 3.8) is 0 Å². The monoisotopic (exact) mass is 393 g/mol. The molecule has 3 aromatic rings. The van der Waals surface area contributed by atoms with Gasteiger partial charge in [-0.05, 0) is 17.7 Å². The summed E-state index contributed by atoms with van der Waals surface area (Å²) in [6, 6.07) is 5.25. The molecule has 0 aliphatic carbocycles. The normalized spacial score (nSPS) is 10.7. The van der Waals surface area contributed by atoms with E-state index in [2.05, 4.69) is 15.5 Å². The highest BCUT2D eigenvalue weighted by molar-refractivity contribution is 6.42. The maximum atomic E-state index is 12.3.